The fourth-order valence-electron chi connectivity index (χ4n) is 15.2. The Bertz CT molecular complexity index is 5010. The summed E-state index contributed by atoms with van der Waals surface area (Å²) in [6.07, 6.45) is 0. The molecule has 0 atom stereocenters. The predicted molar refractivity (Wildman–Crippen MR) is 626 cm³/mol. The molecule has 10 aromatic rings. The van der Waals surface area contributed by atoms with Crippen LogP contribution >= 0.6 is 102 Å². The second-order valence-electron chi connectivity index (χ2n) is 52.9. The molecule has 0 spiro atoms. The summed E-state index contributed by atoms with van der Waals surface area (Å²) in [5.74, 6) is 5.16. The Kier molecular flexibility index (Phi) is 41.1. The Balaban J connectivity index is 0.000000260. The molecule has 10 aromatic carbocycles. The van der Waals surface area contributed by atoms with Gasteiger partial charge in [-0.3, -0.25) is 0 Å². The fraction of sp³-hybridized carbons (Fsp3) is 0.520. The summed E-state index contributed by atoms with van der Waals surface area (Å²) in [5.41, 5.74) is 33.7. The third kappa shape index (κ3) is 37.9. The Hall–Kier alpha value is -5.31. The van der Waals surface area contributed by atoms with Crippen LogP contribution in [0.1, 0.15) is 429 Å². The van der Waals surface area contributed by atoms with E-state index in [4.69, 9.17) is 4.74 Å². The number of benzene rings is 10. The standard InChI is InChI=1S/C38H52O2S2.C37H51BrS2.C37H52OS2.C15H23Br/c1-35(2,3)28-14-25(15-29(20-28)36(4,5)6)23-41-32-18-27(34(39)40-13)19-33(22-32)42-24-26-16-30(37(7,8)9)21-31(17-26)38(10,11)12;2*1-34(2,3)28-13-26(14-29(19-28)35(4,5)6)23-39-32-17-25(22-38)18-33(21-32)40-24-27-15-30(36(7,8)9)20-31(16-27)37(10,11)12;1-14(2,3)12-7-11(10-16)8-13(9-12)15(4,5)6/h14-22H,23-24H2,1-13H3;13-21H,22-24H2,1-12H3;13-21,38H,22-24H2,1-12H3;7-9H,10H2,1-6H3. The largest absolute Gasteiger partial charge is 0.465 e. The molecule has 0 aliphatic heterocycles. The van der Waals surface area contributed by atoms with Gasteiger partial charge >= 0.3 is 5.97 Å². The number of aliphatic hydroxyl groups excluding tert-OH is 1. The van der Waals surface area contributed by atoms with Gasteiger partial charge in [0.05, 0.1) is 19.3 Å². The number of ether oxygens (including phenoxy) is 1. The topological polar surface area (TPSA) is 46.5 Å². The van der Waals surface area contributed by atoms with E-state index in [1.807, 2.05) is 59.2 Å². The zero-order valence-corrected chi connectivity index (χ0v) is 102. The first kappa shape index (κ1) is 120. The van der Waals surface area contributed by atoms with Gasteiger partial charge < -0.3 is 9.84 Å². The summed E-state index contributed by atoms with van der Waals surface area (Å²) in [6.45, 7) is 96.3. The molecule has 138 heavy (non-hydrogen) atoms. The number of aliphatic hydroxyl groups is 1. The van der Waals surface area contributed by atoms with Crippen molar-refractivity contribution in [2.24, 2.45) is 0 Å². The molecule has 0 unspecified atom stereocenters. The summed E-state index contributed by atoms with van der Waals surface area (Å²) in [4.78, 5) is 19.9. The van der Waals surface area contributed by atoms with Gasteiger partial charge in [-0.2, -0.15) is 0 Å². The zero-order valence-electron chi connectivity index (χ0n) is 93.7. The van der Waals surface area contributed by atoms with Gasteiger partial charge in [0, 0.05) is 74.6 Å². The smallest absolute Gasteiger partial charge is 0.337 e. The summed E-state index contributed by atoms with van der Waals surface area (Å²) >= 11 is 18.5. The lowest BCUT2D eigenvalue weighted by atomic mass is 9.80. The molecule has 754 valence electrons. The van der Waals surface area contributed by atoms with Crippen LogP contribution in [-0.4, -0.2) is 18.2 Å². The minimum Gasteiger partial charge on any atom is -0.465 e. The van der Waals surface area contributed by atoms with Crippen LogP contribution in [0.25, 0.3) is 0 Å². The number of alkyl halides is 2. The van der Waals surface area contributed by atoms with Crippen LogP contribution in [0.2, 0.25) is 0 Å². The van der Waals surface area contributed by atoms with E-state index in [2.05, 4.69) is 493 Å². The highest BCUT2D eigenvalue weighted by Crippen LogP contribution is 2.44. The van der Waals surface area contributed by atoms with Gasteiger partial charge in [0.2, 0.25) is 0 Å². The molecular formula is C127H178Br2O3S6. The van der Waals surface area contributed by atoms with Crippen molar-refractivity contribution < 1.29 is 14.6 Å². The highest BCUT2D eigenvalue weighted by Gasteiger charge is 2.30. The molecule has 0 radical (unpaired) electrons. The highest BCUT2D eigenvalue weighted by atomic mass is 79.9. The zero-order chi connectivity index (χ0) is 104. The lowest BCUT2D eigenvalue weighted by Crippen LogP contribution is -2.17. The van der Waals surface area contributed by atoms with Crippen molar-refractivity contribution in [3.63, 3.8) is 0 Å². The second-order valence-corrected chi connectivity index (χ2v) is 60.3. The van der Waals surface area contributed by atoms with E-state index in [0.717, 1.165) is 60.5 Å². The van der Waals surface area contributed by atoms with E-state index in [1.165, 1.54) is 149 Å². The molecule has 10 rings (SSSR count). The van der Waals surface area contributed by atoms with Crippen LogP contribution in [0.5, 0.6) is 0 Å². The summed E-state index contributed by atoms with van der Waals surface area (Å²) < 4.78 is 5.13. The van der Waals surface area contributed by atoms with Gasteiger partial charge in [0.25, 0.3) is 0 Å². The van der Waals surface area contributed by atoms with Crippen molar-refractivity contribution in [2.45, 2.75) is 448 Å². The number of esters is 1. The van der Waals surface area contributed by atoms with E-state index in [1.54, 1.807) is 23.5 Å². The first-order valence-corrected chi connectivity index (χ1v) is 58.0. The Morgan fingerprint density at radius 2 is 0.333 bits per heavy atom. The van der Waals surface area contributed by atoms with Gasteiger partial charge in [0.15, 0.2) is 0 Å². The number of methoxy groups -OCH3 is 1. The normalized spacial score (nSPS) is 13.0. The minimum atomic E-state index is -0.297. The maximum absolute atomic E-state index is 12.6. The Morgan fingerprint density at radius 1 is 0.203 bits per heavy atom. The van der Waals surface area contributed by atoms with Crippen LogP contribution < -0.4 is 0 Å². The molecule has 0 bridgehead atoms. The number of hydrogen-bond donors (Lipinski definition) is 1. The van der Waals surface area contributed by atoms with Gasteiger partial charge in [0.1, 0.15) is 0 Å². The molecule has 3 nitrogen and oxygen atoms in total. The van der Waals surface area contributed by atoms with Crippen molar-refractivity contribution >= 4 is 108 Å². The lowest BCUT2D eigenvalue weighted by molar-refractivity contribution is 0.0600. The molecule has 1 N–H and O–H groups in total. The van der Waals surface area contributed by atoms with Crippen LogP contribution in [0, 0.1) is 0 Å². The number of carbonyl (C=O) groups is 1. The van der Waals surface area contributed by atoms with Gasteiger partial charge in [-0.05, 0) is 258 Å². The maximum Gasteiger partial charge on any atom is 0.337 e. The SMILES string of the molecule is CC(C)(C)c1cc(CBr)cc(C(C)(C)C)c1.CC(C)(C)c1cc(CSc2cc(CBr)cc(SCc3cc(C(C)(C)C)cc(C(C)(C)C)c3)c2)cc(C(C)(C)C)c1.CC(C)(C)c1cc(CSc2cc(CO)cc(SCc3cc(C(C)(C)C)cc(C(C)(C)C)c3)c2)cc(C(C)(C)C)c1.COC(=O)c1cc(SCc2cc(C(C)(C)C)cc(C(C)(C)C)c2)cc(SCc2cc(C(C)(C)C)cc(C(C)(C)C)c2)c1. The summed E-state index contributed by atoms with van der Waals surface area (Å²) in [5, 5.41) is 11.8. The number of rotatable bonds is 22. The first-order valence-electron chi connectivity index (χ1n) is 49.9. The molecule has 0 aromatic heterocycles. The van der Waals surface area contributed by atoms with Crippen molar-refractivity contribution in [3.8, 4) is 0 Å². The first-order chi connectivity index (χ1) is 62.8. The quantitative estimate of drug-likeness (QED) is 0.0406. The molecule has 11 heteroatoms. The summed E-state index contributed by atoms with van der Waals surface area (Å²) in [7, 11) is 1.45. The van der Waals surface area contributed by atoms with Crippen LogP contribution in [0.15, 0.2) is 211 Å². The number of carbonyl (C=O) groups excluding carboxylic acids is 1. The van der Waals surface area contributed by atoms with Crippen molar-refractivity contribution in [1.82, 2.24) is 0 Å². The van der Waals surface area contributed by atoms with E-state index in [-0.39, 0.29) is 88.4 Å². The van der Waals surface area contributed by atoms with Crippen LogP contribution in [0.4, 0.5) is 0 Å². The number of thioether (sulfide) groups is 6. The van der Waals surface area contributed by atoms with E-state index in [9.17, 15) is 9.90 Å². The van der Waals surface area contributed by atoms with Crippen molar-refractivity contribution in [3.05, 3.63) is 316 Å². The van der Waals surface area contributed by atoms with Gasteiger partial charge in [-0.1, -0.05) is 450 Å². The molecule has 0 aliphatic rings. The maximum atomic E-state index is 12.6. The van der Waals surface area contributed by atoms with Crippen LogP contribution in [0.3, 0.4) is 0 Å². The molecule has 0 saturated carbocycles. The van der Waals surface area contributed by atoms with Gasteiger partial charge in [-0.25, -0.2) is 4.79 Å². The molecule has 0 aliphatic carbocycles. The van der Waals surface area contributed by atoms with E-state index < -0.39 is 0 Å². The number of hydrogen-bond acceptors (Lipinski definition) is 9. The molecule has 0 amide bonds. The van der Waals surface area contributed by atoms with Crippen molar-refractivity contribution in [1.29, 1.82) is 0 Å². The average Bonchev–Trinajstić information content (AvgIpc) is 0.821. The average molecular weight is 2110 g/mol. The lowest BCUT2D eigenvalue weighted by Gasteiger charge is -2.26. The van der Waals surface area contributed by atoms with E-state index >= 15 is 0 Å². The second kappa shape index (κ2) is 47.5. The third-order valence-corrected chi connectivity index (χ3v) is 32.8. The summed E-state index contributed by atoms with van der Waals surface area (Å²) in [6, 6.07) is 69.7. The Labute approximate surface area is 885 Å². The van der Waals surface area contributed by atoms with Crippen molar-refractivity contribution in [2.75, 3.05) is 7.11 Å². The fourth-order valence-corrected chi connectivity index (χ4v) is 21.7. The molecule has 0 fully saturated rings. The highest BCUT2D eigenvalue weighted by molar-refractivity contribution is 9.08. The van der Waals surface area contributed by atoms with E-state index in [0.29, 0.717) is 5.56 Å². The molecule has 0 heterocycles. The van der Waals surface area contributed by atoms with Crippen LogP contribution in [-0.2, 0) is 132 Å². The monoisotopic (exact) mass is 2100 g/mol. The molecular weight excluding hydrogens is 1930 g/mol. The third-order valence-electron chi connectivity index (χ3n) is 25.2. The Morgan fingerprint density at radius 3 is 0.464 bits per heavy atom. The minimum absolute atomic E-state index is 0.0589. The number of halogens is 2. The predicted octanol–water partition coefficient (Wildman–Crippen LogP) is 39.7. The van der Waals surface area contributed by atoms with Gasteiger partial charge in [-0.15, -0.1) is 70.6 Å². The molecule has 0 saturated heterocycles.